The van der Waals surface area contributed by atoms with Crippen LogP contribution in [0.1, 0.15) is 41.6 Å². The second-order valence-electron chi connectivity index (χ2n) is 5.18. The summed E-state index contributed by atoms with van der Waals surface area (Å²) in [5, 5.41) is 9.32. The lowest BCUT2D eigenvalue weighted by molar-refractivity contribution is -0.129. The Balaban J connectivity index is 2.60. The molecule has 0 aliphatic carbocycles. The lowest BCUT2D eigenvalue weighted by Gasteiger charge is -2.37. The number of primary amides is 1. The summed E-state index contributed by atoms with van der Waals surface area (Å²) >= 11 is 0. The molecule has 7 heteroatoms. The lowest BCUT2D eigenvalue weighted by Crippen LogP contribution is -2.60. The van der Waals surface area contributed by atoms with E-state index in [2.05, 4.69) is 4.98 Å². The van der Waals surface area contributed by atoms with Gasteiger partial charge in [0.05, 0.1) is 5.56 Å². The molecule has 3 N–H and O–H groups in total. The maximum absolute atomic E-state index is 12.3. The summed E-state index contributed by atoms with van der Waals surface area (Å²) in [4.78, 5) is 40.9. The molecule has 0 spiro atoms. The second kappa shape index (κ2) is 4.29. The average molecular weight is 277 g/mol. The number of carbonyl (C=O) groups excluding carboxylic acids is 3. The molecule has 1 unspecified atom stereocenters. The molecule has 1 aromatic heterocycles. The molecule has 0 saturated carbocycles. The van der Waals surface area contributed by atoms with Gasteiger partial charge in [-0.2, -0.15) is 0 Å². The molecule has 0 aromatic carbocycles. The first-order chi connectivity index (χ1) is 9.21. The number of rotatable bonds is 3. The SMILES string of the molecule is CC(C)C(C)(C(N)=O)N1C(=O)c2ccc(O)nc2C1=O. The van der Waals surface area contributed by atoms with Gasteiger partial charge >= 0.3 is 0 Å². The summed E-state index contributed by atoms with van der Waals surface area (Å²) in [6.07, 6.45) is 0. The number of nitrogens with zero attached hydrogens (tertiary/aromatic N) is 2. The highest BCUT2D eigenvalue weighted by molar-refractivity contribution is 6.22. The van der Waals surface area contributed by atoms with Crippen LogP contribution in [0, 0.1) is 5.92 Å². The monoisotopic (exact) mass is 277 g/mol. The summed E-state index contributed by atoms with van der Waals surface area (Å²) < 4.78 is 0. The summed E-state index contributed by atoms with van der Waals surface area (Å²) in [5.41, 5.74) is 3.82. The zero-order valence-corrected chi connectivity index (χ0v) is 11.4. The quantitative estimate of drug-likeness (QED) is 0.770. The van der Waals surface area contributed by atoms with E-state index in [0.29, 0.717) is 0 Å². The Hall–Kier alpha value is -2.44. The van der Waals surface area contributed by atoms with E-state index in [4.69, 9.17) is 5.73 Å². The van der Waals surface area contributed by atoms with Gasteiger partial charge in [-0.3, -0.25) is 19.3 Å². The number of carbonyl (C=O) groups is 3. The molecule has 0 bridgehead atoms. The molecular weight excluding hydrogens is 262 g/mol. The van der Waals surface area contributed by atoms with Crippen LogP contribution in [-0.4, -0.2) is 38.3 Å². The molecule has 106 valence electrons. The molecule has 1 aromatic rings. The molecule has 0 saturated heterocycles. The third-order valence-electron chi connectivity index (χ3n) is 3.81. The van der Waals surface area contributed by atoms with Crippen LogP contribution in [0.5, 0.6) is 5.88 Å². The molecule has 1 aliphatic heterocycles. The van der Waals surface area contributed by atoms with Crippen LogP contribution in [0.25, 0.3) is 0 Å². The smallest absolute Gasteiger partial charge is 0.281 e. The standard InChI is InChI=1S/C13H15N3O4/c1-6(2)13(3,12(14)20)16-10(18)7-4-5-8(17)15-9(7)11(16)19/h4-6H,1-3H3,(H2,14,20)(H,15,17). The highest BCUT2D eigenvalue weighted by atomic mass is 16.3. The van der Waals surface area contributed by atoms with E-state index in [-0.39, 0.29) is 23.1 Å². The zero-order valence-electron chi connectivity index (χ0n) is 11.4. The Morgan fingerprint density at radius 1 is 1.35 bits per heavy atom. The number of amides is 3. The number of imide groups is 1. The fourth-order valence-corrected chi connectivity index (χ4v) is 2.18. The van der Waals surface area contributed by atoms with Gasteiger partial charge in [0.15, 0.2) is 0 Å². The predicted octanol–water partition coefficient (Wildman–Crippen LogP) is 0.283. The maximum Gasteiger partial charge on any atom is 0.281 e. The van der Waals surface area contributed by atoms with Gasteiger partial charge in [-0.25, -0.2) is 4.98 Å². The van der Waals surface area contributed by atoms with E-state index >= 15 is 0 Å². The van der Waals surface area contributed by atoms with E-state index in [0.717, 1.165) is 4.90 Å². The molecule has 3 amide bonds. The van der Waals surface area contributed by atoms with Crippen LogP contribution in [0.15, 0.2) is 12.1 Å². The molecule has 20 heavy (non-hydrogen) atoms. The molecule has 1 aliphatic rings. The number of aromatic nitrogens is 1. The number of fused-ring (bicyclic) bond motifs is 1. The van der Waals surface area contributed by atoms with Crippen molar-refractivity contribution in [1.82, 2.24) is 9.88 Å². The number of aromatic hydroxyl groups is 1. The Morgan fingerprint density at radius 3 is 2.45 bits per heavy atom. The number of hydrogen-bond donors (Lipinski definition) is 2. The van der Waals surface area contributed by atoms with Crippen LogP contribution in [0.4, 0.5) is 0 Å². The van der Waals surface area contributed by atoms with Crippen LogP contribution >= 0.6 is 0 Å². The van der Waals surface area contributed by atoms with Gasteiger partial charge in [0.2, 0.25) is 11.8 Å². The van der Waals surface area contributed by atoms with E-state index in [9.17, 15) is 19.5 Å². The van der Waals surface area contributed by atoms with E-state index in [1.165, 1.54) is 19.1 Å². The van der Waals surface area contributed by atoms with Gasteiger partial charge in [-0.15, -0.1) is 0 Å². The Labute approximate surface area is 115 Å². The molecule has 2 heterocycles. The second-order valence-corrected chi connectivity index (χ2v) is 5.18. The number of hydrogen-bond acceptors (Lipinski definition) is 5. The first-order valence-electron chi connectivity index (χ1n) is 6.10. The van der Waals surface area contributed by atoms with Crippen molar-refractivity contribution in [3.63, 3.8) is 0 Å². The molecule has 2 rings (SSSR count). The Morgan fingerprint density at radius 2 is 1.95 bits per heavy atom. The van der Waals surface area contributed by atoms with Crippen molar-refractivity contribution in [3.8, 4) is 5.88 Å². The normalized spacial score (nSPS) is 17.3. The van der Waals surface area contributed by atoms with Crippen molar-refractivity contribution in [2.75, 3.05) is 0 Å². The van der Waals surface area contributed by atoms with Crippen molar-refractivity contribution < 1.29 is 19.5 Å². The summed E-state index contributed by atoms with van der Waals surface area (Å²) in [7, 11) is 0. The van der Waals surface area contributed by atoms with Crippen LogP contribution in [0.3, 0.4) is 0 Å². The van der Waals surface area contributed by atoms with Crippen LogP contribution < -0.4 is 5.73 Å². The van der Waals surface area contributed by atoms with Crippen molar-refractivity contribution in [2.24, 2.45) is 11.7 Å². The van der Waals surface area contributed by atoms with Gasteiger partial charge in [0.1, 0.15) is 11.2 Å². The predicted molar refractivity (Wildman–Crippen MR) is 68.8 cm³/mol. The minimum absolute atomic E-state index is 0.0564. The van der Waals surface area contributed by atoms with Crippen molar-refractivity contribution in [2.45, 2.75) is 26.3 Å². The van der Waals surface area contributed by atoms with Crippen molar-refractivity contribution in [1.29, 1.82) is 0 Å². The Bertz CT molecular complexity index is 626. The minimum atomic E-state index is -1.45. The number of pyridine rings is 1. The molecule has 0 radical (unpaired) electrons. The highest BCUT2D eigenvalue weighted by Crippen LogP contribution is 2.33. The van der Waals surface area contributed by atoms with Crippen LogP contribution in [0.2, 0.25) is 0 Å². The van der Waals surface area contributed by atoms with Gasteiger partial charge in [-0.1, -0.05) is 13.8 Å². The Kier molecular flexibility index (Phi) is 3.00. The van der Waals surface area contributed by atoms with E-state index in [1.807, 2.05) is 0 Å². The van der Waals surface area contributed by atoms with Crippen molar-refractivity contribution >= 4 is 17.7 Å². The largest absolute Gasteiger partial charge is 0.493 e. The van der Waals surface area contributed by atoms with Crippen LogP contribution in [-0.2, 0) is 4.79 Å². The first kappa shape index (κ1) is 14.0. The maximum atomic E-state index is 12.3. The minimum Gasteiger partial charge on any atom is -0.493 e. The molecule has 7 nitrogen and oxygen atoms in total. The molecule has 0 fully saturated rings. The van der Waals surface area contributed by atoms with Gasteiger partial charge in [-0.05, 0) is 18.9 Å². The average Bonchev–Trinajstić information content (AvgIpc) is 2.60. The van der Waals surface area contributed by atoms with Gasteiger partial charge in [0.25, 0.3) is 11.8 Å². The van der Waals surface area contributed by atoms with E-state index < -0.39 is 23.3 Å². The summed E-state index contributed by atoms with van der Waals surface area (Å²) in [6, 6.07) is 2.52. The first-order valence-corrected chi connectivity index (χ1v) is 6.10. The summed E-state index contributed by atoms with van der Waals surface area (Å²) in [5.74, 6) is -2.86. The zero-order chi connectivity index (χ0) is 15.2. The fraction of sp³-hybridized carbons (Fsp3) is 0.385. The lowest BCUT2D eigenvalue weighted by atomic mass is 9.86. The topological polar surface area (TPSA) is 114 Å². The van der Waals surface area contributed by atoms with Gasteiger partial charge in [0, 0.05) is 6.07 Å². The summed E-state index contributed by atoms with van der Waals surface area (Å²) in [6.45, 7) is 4.83. The molecular formula is C13H15N3O4. The van der Waals surface area contributed by atoms with Gasteiger partial charge < -0.3 is 10.8 Å². The third kappa shape index (κ3) is 1.66. The third-order valence-corrected chi connectivity index (χ3v) is 3.81. The fourth-order valence-electron chi connectivity index (χ4n) is 2.18. The molecule has 1 atom stereocenters. The highest BCUT2D eigenvalue weighted by Gasteiger charge is 2.52. The van der Waals surface area contributed by atoms with Crippen molar-refractivity contribution in [3.05, 3.63) is 23.4 Å². The number of nitrogens with two attached hydrogens (primary N) is 1. The van der Waals surface area contributed by atoms with E-state index in [1.54, 1.807) is 13.8 Å².